The molecule has 1 amide bonds. The minimum absolute atomic E-state index is 0.0881. The third kappa shape index (κ3) is 6.10. The van der Waals surface area contributed by atoms with E-state index in [-0.39, 0.29) is 12.5 Å². The molecule has 110 valence electrons. The predicted molar refractivity (Wildman–Crippen MR) is 82.0 cm³/mol. The summed E-state index contributed by atoms with van der Waals surface area (Å²) in [6.45, 7) is 2.15. The van der Waals surface area contributed by atoms with Crippen molar-refractivity contribution in [3.05, 3.63) is 35.4 Å². The number of carboxylic acid groups (broad SMARTS) is 1. The summed E-state index contributed by atoms with van der Waals surface area (Å²) in [7, 11) is 0. The highest BCUT2D eigenvalue weighted by molar-refractivity contribution is 7.98. The van der Waals surface area contributed by atoms with Crippen molar-refractivity contribution in [3.8, 4) is 0 Å². The van der Waals surface area contributed by atoms with Crippen LogP contribution in [-0.2, 0) is 16.0 Å². The fraction of sp³-hybridized carbons (Fsp3) is 0.467. The van der Waals surface area contributed by atoms with E-state index < -0.39 is 11.9 Å². The summed E-state index contributed by atoms with van der Waals surface area (Å²) in [6, 6.07) is 7.79. The van der Waals surface area contributed by atoms with Crippen molar-refractivity contribution in [2.24, 2.45) is 5.92 Å². The number of carbonyl (C=O) groups excluding carboxylic acids is 1. The molecule has 1 aromatic carbocycles. The van der Waals surface area contributed by atoms with Crippen LogP contribution in [-0.4, -0.2) is 35.5 Å². The van der Waals surface area contributed by atoms with E-state index in [1.54, 1.807) is 11.8 Å². The van der Waals surface area contributed by atoms with Crippen molar-refractivity contribution in [1.82, 2.24) is 5.32 Å². The molecule has 0 heterocycles. The average Bonchev–Trinajstić information content (AvgIpc) is 2.40. The molecule has 0 aliphatic carbocycles. The van der Waals surface area contributed by atoms with Gasteiger partial charge in [0.1, 0.15) is 0 Å². The Morgan fingerprint density at radius 2 is 2.15 bits per heavy atom. The van der Waals surface area contributed by atoms with Crippen LogP contribution in [0.2, 0.25) is 0 Å². The van der Waals surface area contributed by atoms with Gasteiger partial charge in [-0.05, 0) is 25.2 Å². The summed E-state index contributed by atoms with van der Waals surface area (Å²) >= 11 is 1.60. The van der Waals surface area contributed by atoms with Crippen LogP contribution in [0.3, 0.4) is 0 Å². The summed E-state index contributed by atoms with van der Waals surface area (Å²) in [5, 5.41) is 11.9. The van der Waals surface area contributed by atoms with Crippen LogP contribution in [0.5, 0.6) is 0 Å². The monoisotopic (exact) mass is 295 g/mol. The van der Waals surface area contributed by atoms with Crippen LogP contribution >= 0.6 is 11.8 Å². The minimum atomic E-state index is -0.878. The molecule has 0 fully saturated rings. The van der Waals surface area contributed by atoms with Crippen molar-refractivity contribution in [2.45, 2.75) is 19.8 Å². The number of thioether (sulfide) groups is 1. The maximum Gasteiger partial charge on any atom is 0.308 e. The third-order valence-corrected chi connectivity index (χ3v) is 3.61. The molecule has 0 saturated carbocycles. The molecule has 0 aromatic heterocycles. The number of rotatable bonds is 8. The fourth-order valence-corrected chi connectivity index (χ4v) is 2.28. The second-order valence-corrected chi connectivity index (χ2v) is 5.76. The number of hydrogen-bond acceptors (Lipinski definition) is 3. The molecule has 1 atom stereocenters. The molecule has 4 nitrogen and oxygen atoms in total. The molecule has 5 heteroatoms. The lowest BCUT2D eigenvalue weighted by molar-refractivity contribution is -0.141. The summed E-state index contributed by atoms with van der Waals surface area (Å²) in [5.74, 6) is -0.803. The molecule has 1 rings (SSSR count). The zero-order valence-corrected chi connectivity index (χ0v) is 12.7. The number of carboxylic acids is 1. The van der Waals surface area contributed by atoms with Crippen molar-refractivity contribution in [3.63, 3.8) is 0 Å². The van der Waals surface area contributed by atoms with Crippen molar-refractivity contribution >= 4 is 23.6 Å². The zero-order valence-electron chi connectivity index (χ0n) is 11.9. The summed E-state index contributed by atoms with van der Waals surface area (Å²) in [4.78, 5) is 22.8. The predicted octanol–water partition coefficient (Wildman–Crippen LogP) is 2.11. The molecule has 0 spiro atoms. The third-order valence-electron chi connectivity index (χ3n) is 2.99. The molecule has 20 heavy (non-hydrogen) atoms. The van der Waals surface area contributed by atoms with E-state index in [1.807, 2.05) is 37.4 Å². The normalized spacial score (nSPS) is 11.9. The Hall–Kier alpha value is -1.49. The molecular weight excluding hydrogens is 274 g/mol. The van der Waals surface area contributed by atoms with Crippen LogP contribution in [0.4, 0.5) is 0 Å². The van der Waals surface area contributed by atoms with Gasteiger partial charge in [-0.3, -0.25) is 9.59 Å². The van der Waals surface area contributed by atoms with Crippen molar-refractivity contribution in [1.29, 1.82) is 0 Å². The van der Waals surface area contributed by atoms with Gasteiger partial charge in [0.05, 0.1) is 5.92 Å². The SMILES string of the molecule is CSCCC(=O)NCC(Cc1cccc(C)c1)C(=O)O. The molecular formula is C15H21NO3S. The quantitative estimate of drug-likeness (QED) is 0.771. The van der Waals surface area contributed by atoms with Crippen LogP contribution in [0.15, 0.2) is 24.3 Å². The number of nitrogens with one attached hydrogen (secondary N) is 1. The number of aliphatic carboxylic acids is 1. The Bertz CT molecular complexity index is 462. The molecule has 2 N–H and O–H groups in total. The lowest BCUT2D eigenvalue weighted by Gasteiger charge is -2.14. The van der Waals surface area contributed by atoms with Crippen molar-refractivity contribution < 1.29 is 14.7 Å². The van der Waals surface area contributed by atoms with Gasteiger partial charge >= 0.3 is 5.97 Å². The molecule has 0 radical (unpaired) electrons. The number of hydrogen-bond donors (Lipinski definition) is 2. The van der Waals surface area contributed by atoms with E-state index in [9.17, 15) is 14.7 Å². The zero-order chi connectivity index (χ0) is 15.0. The summed E-state index contributed by atoms with van der Waals surface area (Å²) in [5.41, 5.74) is 2.09. The Labute approximate surface area is 124 Å². The van der Waals surface area contributed by atoms with E-state index >= 15 is 0 Å². The van der Waals surface area contributed by atoms with Gasteiger partial charge in [0, 0.05) is 18.7 Å². The number of amides is 1. The number of benzene rings is 1. The van der Waals surface area contributed by atoms with Gasteiger partial charge in [0.25, 0.3) is 0 Å². The van der Waals surface area contributed by atoms with Gasteiger partial charge < -0.3 is 10.4 Å². The highest BCUT2D eigenvalue weighted by Crippen LogP contribution is 2.11. The topological polar surface area (TPSA) is 66.4 Å². The molecule has 0 saturated heterocycles. The van der Waals surface area contributed by atoms with Gasteiger partial charge in [-0.25, -0.2) is 0 Å². The van der Waals surface area contributed by atoms with E-state index in [0.717, 1.165) is 16.9 Å². The van der Waals surface area contributed by atoms with Gasteiger partial charge in [-0.2, -0.15) is 11.8 Å². The minimum Gasteiger partial charge on any atom is -0.481 e. The Kier molecular flexibility index (Phi) is 7.15. The smallest absolute Gasteiger partial charge is 0.308 e. The highest BCUT2D eigenvalue weighted by atomic mass is 32.2. The molecule has 0 aliphatic rings. The van der Waals surface area contributed by atoms with Crippen LogP contribution < -0.4 is 5.32 Å². The van der Waals surface area contributed by atoms with E-state index in [0.29, 0.717) is 12.8 Å². The molecule has 1 unspecified atom stereocenters. The van der Waals surface area contributed by atoms with Crippen LogP contribution in [0, 0.1) is 12.8 Å². The maximum atomic E-state index is 11.5. The largest absolute Gasteiger partial charge is 0.481 e. The number of aryl methyl sites for hydroxylation is 1. The Balaban J connectivity index is 2.53. The second-order valence-electron chi connectivity index (χ2n) is 4.78. The van der Waals surface area contributed by atoms with Crippen LogP contribution in [0.1, 0.15) is 17.5 Å². The molecule has 1 aromatic rings. The molecule has 0 bridgehead atoms. The first-order valence-corrected chi connectivity index (χ1v) is 7.96. The van der Waals surface area contributed by atoms with E-state index in [1.165, 1.54) is 0 Å². The Morgan fingerprint density at radius 3 is 2.75 bits per heavy atom. The molecule has 0 aliphatic heterocycles. The average molecular weight is 295 g/mol. The second kappa shape index (κ2) is 8.64. The van der Waals surface area contributed by atoms with Crippen LogP contribution in [0.25, 0.3) is 0 Å². The van der Waals surface area contributed by atoms with Gasteiger partial charge in [0.15, 0.2) is 0 Å². The lowest BCUT2D eigenvalue weighted by Crippen LogP contribution is -2.34. The first-order valence-electron chi connectivity index (χ1n) is 6.57. The standard InChI is InChI=1S/C15H21NO3S/c1-11-4-3-5-12(8-11)9-13(15(18)19)10-16-14(17)6-7-20-2/h3-5,8,13H,6-7,9-10H2,1-2H3,(H,16,17)(H,18,19). The maximum absolute atomic E-state index is 11.5. The lowest BCUT2D eigenvalue weighted by atomic mass is 9.98. The summed E-state index contributed by atoms with van der Waals surface area (Å²) < 4.78 is 0. The highest BCUT2D eigenvalue weighted by Gasteiger charge is 2.18. The van der Waals surface area contributed by atoms with Crippen molar-refractivity contribution in [2.75, 3.05) is 18.6 Å². The van der Waals surface area contributed by atoms with Gasteiger partial charge in [-0.1, -0.05) is 29.8 Å². The summed E-state index contributed by atoms with van der Waals surface area (Å²) in [6.07, 6.45) is 2.79. The van der Waals surface area contributed by atoms with E-state index in [2.05, 4.69) is 5.32 Å². The fourth-order valence-electron chi connectivity index (χ4n) is 1.89. The first kappa shape index (κ1) is 16.6. The van der Waals surface area contributed by atoms with Gasteiger partial charge in [-0.15, -0.1) is 0 Å². The first-order chi connectivity index (χ1) is 9.52. The number of carbonyl (C=O) groups is 2. The van der Waals surface area contributed by atoms with Gasteiger partial charge in [0.2, 0.25) is 5.91 Å². The Morgan fingerprint density at radius 1 is 1.40 bits per heavy atom. The van der Waals surface area contributed by atoms with E-state index in [4.69, 9.17) is 0 Å².